The Labute approximate surface area is 116 Å². The van der Waals surface area contributed by atoms with Crippen LogP contribution in [0.3, 0.4) is 0 Å². The molecule has 6 nitrogen and oxygen atoms in total. The molecule has 3 aliphatic rings. The molecule has 0 aromatic heterocycles. The first-order chi connectivity index (χ1) is 9.43. The number of hydrogen-bond acceptors (Lipinski definition) is 6. The molecule has 0 N–H and O–H groups in total. The Morgan fingerprint density at radius 1 is 1.50 bits per heavy atom. The first-order valence-electron chi connectivity index (χ1n) is 6.27. The highest BCUT2D eigenvalue weighted by Gasteiger charge is 2.46. The predicted octanol–water partition coefficient (Wildman–Crippen LogP) is 0.767. The van der Waals surface area contributed by atoms with Gasteiger partial charge in [-0.1, -0.05) is 12.7 Å². The molecule has 0 aromatic rings. The van der Waals surface area contributed by atoms with Gasteiger partial charge in [-0.25, -0.2) is 9.59 Å². The van der Waals surface area contributed by atoms with E-state index in [4.69, 9.17) is 9.47 Å². The lowest BCUT2D eigenvalue weighted by atomic mass is 9.77. The molecule has 0 saturated carbocycles. The lowest BCUT2D eigenvalue weighted by Crippen LogP contribution is -2.47. The van der Waals surface area contributed by atoms with Crippen LogP contribution >= 0.6 is 0 Å². The van der Waals surface area contributed by atoms with E-state index in [-0.39, 0.29) is 18.5 Å². The highest BCUT2D eigenvalue weighted by molar-refractivity contribution is 5.93. The van der Waals surface area contributed by atoms with Gasteiger partial charge in [0, 0.05) is 11.5 Å². The molecule has 1 fully saturated rings. The van der Waals surface area contributed by atoms with Gasteiger partial charge in [0.2, 0.25) is 0 Å². The van der Waals surface area contributed by atoms with E-state index in [2.05, 4.69) is 11.3 Å². The average molecular weight is 280 g/mol. The molecule has 2 heterocycles. The Balaban J connectivity index is 2.09. The summed E-state index contributed by atoms with van der Waals surface area (Å²) in [7, 11) is 1.27. The zero-order valence-corrected chi connectivity index (χ0v) is 11.4. The second-order valence-electron chi connectivity index (χ2n) is 4.95. The SMILES string of the molecule is C=C(C)C(=O)OC[C@@H]1C[C@@H]2C=C(C(=O)OC)[C@H]1OC2=O. The molecule has 3 rings (SSSR count). The van der Waals surface area contributed by atoms with Crippen molar-refractivity contribution in [1.82, 2.24) is 0 Å². The van der Waals surface area contributed by atoms with Crippen molar-refractivity contribution in [1.29, 1.82) is 0 Å². The monoisotopic (exact) mass is 280 g/mol. The molecule has 6 heteroatoms. The smallest absolute Gasteiger partial charge is 0.337 e. The van der Waals surface area contributed by atoms with Crippen LogP contribution in [-0.2, 0) is 28.6 Å². The van der Waals surface area contributed by atoms with Gasteiger partial charge >= 0.3 is 17.9 Å². The number of fused-ring (bicyclic) bond motifs is 2. The van der Waals surface area contributed by atoms with Gasteiger partial charge < -0.3 is 14.2 Å². The Hall–Kier alpha value is -2.11. The number of carbonyl (C=O) groups excluding carboxylic acids is 3. The summed E-state index contributed by atoms with van der Waals surface area (Å²) in [6.07, 6.45) is 1.37. The summed E-state index contributed by atoms with van der Waals surface area (Å²) >= 11 is 0. The van der Waals surface area contributed by atoms with Gasteiger partial charge in [-0.2, -0.15) is 0 Å². The van der Waals surface area contributed by atoms with Crippen molar-refractivity contribution in [3.05, 3.63) is 23.8 Å². The fraction of sp³-hybridized carbons (Fsp3) is 0.500. The summed E-state index contributed by atoms with van der Waals surface area (Å²) in [5, 5.41) is 0. The maximum absolute atomic E-state index is 11.7. The van der Waals surface area contributed by atoms with Crippen LogP contribution in [0, 0.1) is 11.8 Å². The quantitative estimate of drug-likeness (QED) is 0.430. The predicted molar refractivity (Wildman–Crippen MR) is 67.3 cm³/mol. The Morgan fingerprint density at radius 3 is 2.75 bits per heavy atom. The van der Waals surface area contributed by atoms with Crippen molar-refractivity contribution in [3.63, 3.8) is 0 Å². The fourth-order valence-corrected chi connectivity index (χ4v) is 2.38. The van der Waals surface area contributed by atoms with E-state index < -0.39 is 24.0 Å². The number of esters is 3. The summed E-state index contributed by atoms with van der Waals surface area (Å²) in [6, 6.07) is 0. The number of methoxy groups -OCH3 is 1. The Bertz CT molecular complexity index is 504. The summed E-state index contributed by atoms with van der Waals surface area (Å²) in [5.74, 6) is -2.10. The minimum absolute atomic E-state index is 0.0779. The lowest BCUT2D eigenvalue weighted by molar-refractivity contribution is -0.168. The second kappa shape index (κ2) is 5.48. The molecule has 0 unspecified atom stereocenters. The standard InChI is InChI=1S/C14H16O6/c1-7(2)12(15)19-6-9-4-8-5-10(14(17)18-3)11(9)20-13(8)16/h5,8-9,11H,1,4,6H2,2-3H3/t8-,9+,11+/m1/s1. The molecule has 0 spiro atoms. The third-order valence-electron chi connectivity index (χ3n) is 3.42. The highest BCUT2D eigenvalue weighted by Crippen LogP contribution is 2.38. The maximum Gasteiger partial charge on any atom is 0.337 e. The van der Waals surface area contributed by atoms with E-state index in [0.29, 0.717) is 17.6 Å². The minimum atomic E-state index is -0.710. The Morgan fingerprint density at radius 2 is 2.20 bits per heavy atom. The van der Waals surface area contributed by atoms with Gasteiger partial charge in [0.25, 0.3) is 0 Å². The number of carbonyl (C=O) groups is 3. The van der Waals surface area contributed by atoms with Crippen LogP contribution in [0.5, 0.6) is 0 Å². The van der Waals surface area contributed by atoms with Crippen LogP contribution < -0.4 is 0 Å². The first-order valence-corrected chi connectivity index (χ1v) is 6.27. The molecule has 0 amide bonds. The van der Waals surface area contributed by atoms with E-state index in [1.807, 2.05) is 0 Å². The third-order valence-corrected chi connectivity index (χ3v) is 3.42. The molecule has 1 saturated heterocycles. The molecule has 2 aliphatic heterocycles. The molecule has 108 valence electrons. The lowest BCUT2D eigenvalue weighted by Gasteiger charge is -2.39. The molecular weight excluding hydrogens is 264 g/mol. The van der Waals surface area contributed by atoms with Crippen molar-refractivity contribution in [2.24, 2.45) is 11.8 Å². The van der Waals surface area contributed by atoms with E-state index in [1.165, 1.54) is 7.11 Å². The molecule has 1 aliphatic carbocycles. The van der Waals surface area contributed by atoms with Crippen molar-refractivity contribution >= 4 is 17.9 Å². The van der Waals surface area contributed by atoms with Crippen LogP contribution in [0.2, 0.25) is 0 Å². The van der Waals surface area contributed by atoms with E-state index in [0.717, 1.165) is 0 Å². The summed E-state index contributed by atoms with van der Waals surface area (Å²) in [5.41, 5.74) is 0.617. The molecule has 2 bridgehead atoms. The third kappa shape index (κ3) is 2.59. The van der Waals surface area contributed by atoms with Crippen LogP contribution in [0.25, 0.3) is 0 Å². The molecular formula is C14H16O6. The normalized spacial score (nSPS) is 27.4. The number of rotatable bonds is 4. The van der Waals surface area contributed by atoms with Gasteiger partial charge in [0.05, 0.1) is 25.2 Å². The van der Waals surface area contributed by atoms with Gasteiger partial charge in [0.15, 0.2) is 0 Å². The number of ether oxygens (including phenoxy) is 3. The largest absolute Gasteiger partial charge is 0.466 e. The summed E-state index contributed by atoms with van der Waals surface area (Å²) in [6.45, 7) is 5.12. The number of hydrogen-bond donors (Lipinski definition) is 0. The van der Waals surface area contributed by atoms with Crippen molar-refractivity contribution in [2.45, 2.75) is 19.4 Å². The zero-order valence-electron chi connectivity index (χ0n) is 11.4. The summed E-state index contributed by atoms with van der Waals surface area (Å²) in [4.78, 5) is 34.6. The second-order valence-corrected chi connectivity index (χ2v) is 4.95. The minimum Gasteiger partial charge on any atom is -0.466 e. The van der Waals surface area contributed by atoms with Gasteiger partial charge in [-0.05, 0) is 13.3 Å². The molecule has 20 heavy (non-hydrogen) atoms. The first kappa shape index (κ1) is 14.3. The van der Waals surface area contributed by atoms with Gasteiger partial charge in [-0.15, -0.1) is 0 Å². The zero-order chi connectivity index (χ0) is 14.9. The topological polar surface area (TPSA) is 78.9 Å². The maximum atomic E-state index is 11.7. The van der Waals surface area contributed by atoms with Gasteiger partial charge in [-0.3, -0.25) is 4.79 Å². The van der Waals surface area contributed by atoms with Crippen LogP contribution in [0.4, 0.5) is 0 Å². The Kier molecular flexibility index (Phi) is 3.92. The van der Waals surface area contributed by atoms with Crippen LogP contribution in [-0.4, -0.2) is 37.7 Å². The highest BCUT2D eigenvalue weighted by atomic mass is 16.6. The van der Waals surface area contributed by atoms with Gasteiger partial charge in [0.1, 0.15) is 6.10 Å². The van der Waals surface area contributed by atoms with Crippen molar-refractivity contribution < 1.29 is 28.6 Å². The summed E-state index contributed by atoms with van der Waals surface area (Å²) < 4.78 is 15.0. The van der Waals surface area contributed by atoms with Crippen LogP contribution in [0.1, 0.15) is 13.3 Å². The fourth-order valence-electron chi connectivity index (χ4n) is 2.38. The van der Waals surface area contributed by atoms with Crippen LogP contribution in [0.15, 0.2) is 23.8 Å². The van der Waals surface area contributed by atoms with Crippen molar-refractivity contribution in [3.8, 4) is 0 Å². The van der Waals surface area contributed by atoms with Crippen molar-refractivity contribution in [2.75, 3.05) is 13.7 Å². The average Bonchev–Trinajstić information content (AvgIpc) is 2.44. The van der Waals surface area contributed by atoms with E-state index in [1.54, 1.807) is 13.0 Å². The molecule has 0 aromatic carbocycles. The molecule has 0 radical (unpaired) electrons. The van der Waals surface area contributed by atoms with E-state index in [9.17, 15) is 14.4 Å². The molecule has 3 atom stereocenters. The van der Waals surface area contributed by atoms with E-state index >= 15 is 0 Å².